The fourth-order valence-corrected chi connectivity index (χ4v) is 6.67. The second kappa shape index (κ2) is 11.8. The topological polar surface area (TPSA) is 96.2 Å². The second-order valence-electron chi connectivity index (χ2n) is 10.5. The van der Waals surface area contributed by atoms with Crippen molar-refractivity contribution in [1.29, 1.82) is 0 Å². The Morgan fingerprint density at radius 1 is 1.10 bits per heavy atom. The first-order valence-electron chi connectivity index (χ1n) is 13.8. The molecule has 11 heteroatoms. The number of piperidine rings is 2. The molecule has 0 aliphatic carbocycles. The van der Waals surface area contributed by atoms with Gasteiger partial charge in [0, 0.05) is 47.6 Å². The van der Waals surface area contributed by atoms with Gasteiger partial charge in [-0.2, -0.15) is 0 Å². The van der Waals surface area contributed by atoms with Crippen LogP contribution >= 0.6 is 11.8 Å². The molecule has 0 saturated carbocycles. The number of carbonyl (C=O) groups is 3. The molecule has 214 valence electrons. The molecule has 1 aromatic heterocycles. The van der Waals surface area contributed by atoms with Crippen LogP contribution in [0.15, 0.2) is 59.8 Å². The zero-order valence-corrected chi connectivity index (χ0v) is 23.5. The lowest BCUT2D eigenvalue weighted by atomic mass is 10.0. The third-order valence-electron chi connectivity index (χ3n) is 7.86. The van der Waals surface area contributed by atoms with Gasteiger partial charge in [-0.15, -0.1) is 11.8 Å². The summed E-state index contributed by atoms with van der Waals surface area (Å²) in [6.45, 7) is 9.05. The van der Waals surface area contributed by atoms with Gasteiger partial charge in [-0.05, 0) is 49.6 Å². The van der Waals surface area contributed by atoms with Crippen LogP contribution in [0.3, 0.4) is 0 Å². The minimum atomic E-state index is -0.671. The summed E-state index contributed by atoms with van der Waals surface area (Å²) in [6.07, 6.45) is 4.10. The Kier molecular flexibility index (Phi) is 7.80. The van der Waals surface area contributed by atoms with Crippen molar-refractivity contribution in [2.75, 3.05) is 18.0 Å². The number of carbonyl (C=O) groups excluding carboxylic acids is 3. The Morgan fingerprint density at radius 2 is 1.93 bits per heavy atom. The number of nitrogens with zero attached hydrogens (tertiary/aromatic N) is 4. The minimum Gasteiger partial charge on any atom is -0.488 e. The van der Waals surface area contributed by atoms with Crippen molar-refractivity contribution in [2.24, 2.45) is 0 Å². The van der Waals surface area contributed by atoms with Crippen LogP contribution in [0.25, 0.3) is 4.85 Å². The first kappa shape index (κ1) is 27.7. The van der Waals surface area contributed by atoms with Gasteiger partial charge in [-0.25, -0.2) is 14.2 Å². The van der Waals surface area contributed by atoms with Crippen LogP contribution in [-0.2, 0) is 22.7 Å². The van der Waals surface area contributed by atoms with Gasteiger partial charge in [0.15, 0.2) is 5.69 Å². The van der Waals surface area contributed by atoms with E-state index < -0.39 is 11.9 Å². The average Bonchev–Trinajstić information content (AvgIpc) is 3.33. The molecule has 42 heavy (non-hydrogen) atoms. The maximum atomic E-state index is 14.4. The van der Waals surface area contributed by atoms with Crippen molar-refractivity contribution in [3.63, 3.8) is 0 Å². The number of halogens is 1. The lowest BCUT2D eigenvalue weighted by Crippen LogP contribution is -2.52. The van der Waals surface area contributed by atoms with Crippen molar-refractivity contribution < 1.29 is 23.5 Å². The summed E-state index contributed by atoms with van der Waals surface area (Å²) in [5, 5.41) is 3.61. The molecule has 0 spiro atoms. The summed E-state index contributed by atoms with van der Waals surface area (Å²) in [5.74, 6) is -0.758. The Balaban J connectivity index is 1.02. The van der Waals surface area contributed by atoms with Crippen molar-refractivity contribution in [3.05, 3.63) is 88.7 Å². The molecule has 2 aromatic carbocycles. The predicted octanol–water partition coefficient (Wildman–Crippen LogP) is 4.87. The first-order valence-corrected chi connectivity index (χ1v) is 14.7. The number of aromatic nitrogens is 1. The Bertz CT molecular complexity index is 1580. The lowest BCUT2D eigenvalue weighted by Gasteiger charge is -2.33. The van der Waals surface area contributed by atoms with Gasteiger partial charge >= 0.3 is 0 Å². The van der Waals surface area contributed by atoms with E-state index in [2.05, 4.69) is 15.1 Å². The SMILES string of the molecule is [C-]#[N+]c1ccc(N2CCC(Sc3ccc(COc4cccc5c4CN([C@H]4CCC(=O)NC4=O)C5=O)cn3)CC2)c(F)c1. The molecule has 1 N–H and O–H groups in total. The molecule has 0 radical (unpaired) electrons. The van der Waals surface area contributed by atoms with Gasteiger partial charge in [0.25, 0.3) is 5.91 Å². The van der Waals surface area contributed by atoms with E-state index in [9.17, 15) is 18.8 Å². The summed E-state index contributed by atoms with van der Waals surface area (Å²) in [5.41, 5.74) is 2.99. The number of amides is 3. The van der Waals surface area contributed by atoms with Crippen molar-refractivity contribution in [1.82, 2.24) is 15.2 Å². The Morgan fingerprint density at radius 3 is 2.64 bits per heavy atom. The zero-order chi connectivity index (χ0) is 29.2. The van der Waals surface area contributed by atoms with Crippen LogP contribution in [0.5, 0.6) is 5.75 Å². The number of fused-ring (bicyclic) bond motifs is 1. The minimum absolute atomic E-state index is 0.208. The molecule has 2 fully saturated rings. The van der Waals surface area contributed by atoms with Crippen LogP contribution in [0.4, 0.5) is 15.8 Å². The first-order chi connectivity index (χ1) is 20.4. The normalized spacial score (nSPS) is 19.0. The summed E-state index contributed by atoms with van der Waals surface area (Å²) < 4.78 is 20.5. The Labute approximate surface area is 246 Å². The van der Waals surface area contributed by atoms with E-state index >= 15 is 0 Å². The molecule has 6 rings (SSSR count). The van der Waals surface area contributed by atoms with E-state index in [-0.39, 0.29) is 37.2 Å². The highest BCUT2D eigenvalue weighted by atomic mass is 32.2. The van der Waals surface area contributed by atoms with Gasteiger partial charge in [0.05, 0.1) is 23.8 Å². The van der Waals surface area contributed by atoms with E-state index in [4.69, 9.17) is 11.3 Å². The van der Waals surface area contributed by atoms with Gasteiger partial charge in [0.1, 0.15) is 24.2 Å². The van der Waals surface area contributed by atoms with Gasteiger partial charge in [-0.3, -0.25) is 19.7 Å². The second-order valence-corrected chi connectivity index (χ2v) is 11.8. The Hall–Kier alpha value is -4.43. The third kappa shape index (κ3) is 5.67. The molecule has 3 amide bonds. The quantitative estimate of drug-likeness (QED) is 0.312. The number of anilines is 1. The molecular formula is C31H28FN5O4S. The number of benzene rings is 2. The lowest BCUT2D eigenvalue weighted by molar-refractivity contribution is -0.136. The van der Waals surface area contributed by atoms with E-state index in [1.54, 1.807) is 42.2 Å². The molecule has 0 unspecified atom stereocenters. The highest BCUT2D eigenvalue weighted by Gasteiger charge is 2.40. The van der Waals surface area contributed by atoms with Gasteiger partial charge < -0.3 is 14.5 Å². The summed E-state index contributed by atoms with van der Waals surface area (Å²) in [6, 6.07) is 13.2. The predicted molar refractivity (Wildman–Crippen MR) is 155 cm³/mol. The van der Waals surface area contributed by atoms with Crippen molar-refractivity contribution in [2.45, 2.75) is 55.2 Å². The van der Waals surface area contributed by atoms with Crippen LogP contribution in [0.2, 0.25) is 0 Å². The van der Waals surface area contributed by atoms with Crippen LogP contribution in [0, 0.1) is 12.4 Å². The maximum Gasteiger partial charge on any atom is 0.255 e. The van der Waals surface area contributed by atoms with E-state index in [1.807, 2.05) is 23.1 Å². The third-order valence-corrected chi connectivity index (χ3v) is 9.15. The van der Waals surface area contributed by atoms with E-state index in [0.29, 0.717) is 34.4 Å². The van der Waals surface area contributed by atoms with Gasteiger partial charge in [-0.1, -0.05) is 18.2 Å². The molecular weight excluding hydrogens is 557 g/mol. The molecule has 2 saturated heterocycles. The zero-order valence-electron chi connectivity index (χ0n) is 22.7. The standard InChI is InChI=1S/C31H28FN5O4S/c1-33-20-6-7-25(24(32)15-20)36-13-11-21(12-14-36)42-29-10-5-19(16-34-29)18-41-27-4-2-3-22-23(27)17-37(31(22)40)26-8-9-28(38)35-30(26)39/h2-7,10,15-16,21,26H,8-9,11-14,17-18H2,(H,35,38,39)/t26-/m0/s1. The molecule has 9 nitrogen and oxygen atoms in total. The number of nitrogens with one attached hydrogen (secondary N) is 1. The highest BCUT2D eigenvalue weighted by molar-refractivity contribution is 7.99. The summed E-state index contributed by atoms with van der Waals surface area (Å²) in [4.78, 5) is 48.4. The number of thioether (sulfide) groups is 1. The average molecular weight is 586 g/mol. The van der Waals surface area contributed by atoms with Crippen molar-refractivity contribution >= 4 is 40.9 Å². The van der Waals surface area contributed by atoms with Crippen LogP contribution in [0.1, 0.15) is 47.2 Å². The van der Waals surface area contributed by atoms with Crippen LogP contribution in [-0.4, -0.2) is 52.0 Å². The maximum absolute atomic E-state index is 14.4. The molecule has 4 heterocycles. The summed E-state index contributed by atoms with van der Waals surface area (Å²) in [7, 11) is 0. The number of hydrogen-bond donors (Lipinski definition) is 1. The fourth-order valence-electron chi connectivity index (χ4n) is 5.63. The van der Waals surface area contributed by atoms with E-state index in [0.717, 1.165) is 42.1 Å². The largest absolute Gasteiger partial charge is 0.488 e. The smallest absolute Gasteiger partial charge is 0.255 e. The number of imide groups is 1. The number of ether oxygens (including phenoxy) is 1. The summed E-state index contributed by atoms with van der Waals surface area (Å²) >= 11 is 1.72. The van der Waals surface area contributed by atoms with Gasteiger partial charge in [0.2, 0.25) is 11.8 Å². The molecule has 3 aromatic rings. The number of rotatable bonds is 7. The molecule has 3 aliphatic rings. The highest BCUT2D eigenvalue weighted by Crippen LogP contribution is 2.35. The molecule has 0 bridgehead atoms. The van der Waals surface area contributed by atoms with Crippen LogP contribution < -0.4 is 15.0 Å². The van der Waals surface area contributed by atoms with E-state index in [1.165, 1.54) is 11.0 Å². The van der Waals surface area contributed by atoms with Crippen molar-refractivity contribution in [3.8, 4) is 5.75 Å². The molecule has 1 atom stereocenters. The number of pyridine rings is 1. The fraction of sp³-hybridized carbons (Fsp3) is 0.323. The molecule has 3 aliphatic heterocycles. The number of hydrogen-bond acceptors (Lipinski definition) is 7. The monoisotopic (exact) mass is 585 g/mol.